The smallest absolute Gasteiger partial charge is 0.304 e. The van der Waals surface area contributed by atoms with Crippen LogP contribution in [0.5, 0.6) is 0 Å². The fourth-order valence-corrected chi connectivity index (χ4v) is 1.76. The third-order valence-corrected chi connectivity index (χ3v) is 3.08. The molecule has 0 radical (unpaired) electrons. The summed E-state index contributed by atoms with van der Waals surface area (Å²) >= 11 is 0. The number of Topliss-reactive ketones (excluding diaryl/α,β-unsaturated/α-hetero) is 1. The predicted molar refractivity (Wildman–Crippen MR) is 70.1 cm³/mol. The zero-order valence-corrected chi connectivity index (χ0v) is 11.6. The molecular formula is C13H23NO5. The molecule has 0 saturated carbocycles. The highest BCUT2D eigenvalue weighted by molar-refractivity contribution is 5.81. The zero-order chi connectivity index (χ0) is 14.8. The molecule has 0 aromatic heterocycles. The minimum Gasteiger partial charge on any atom is -0.481 e. The van der Waals surface area contributed by atoms with E-state index in [9.17, 15) is 14.4 Å². The first kappa shape index (κ1) is 17.6. The quantitative estimate of drug-likeness (QED) is 0.552. The molecule has 1 atom stereocenters. The molecule has 0 rings (SSSR count). The molecular weight excluding hydrogens is 250 g/mol. The van der Waals surface area contributed by atoms with Gasteiger partial charge in [-0.3, -0.25) is 19.3 Å². The van der Waals surface area contributed by atoms with Crippen LogP contribution >= 0.6 is 0 Å². The van der Waals surface area contributed by atoms with Crippen molar-refractivity contribution in [1.82, 2.24) is 4.90 Å². The van der Waals surface area contributed by atoms with Gasteiger partial charge in [0, 0.05) is 13.0 Å². The van der Waals surface area contributed by atoms with Crippen LogP contribution in [0.1, 0.15) is 46.0 Å². The summed E-state index contributed by atoms with van der Waals surface area (Å²) in [7, 11) is 0. The molecule has 0 aromatic rings. The third-order valence-electron chi connectivity index (χ3n) is 3.08. The molecule has 0 aliphatic carbocycles. The van der Waals surface area contributed by atoms with Crippen molar-refractivity contribution >= 4 is 17.7 Å². The van der Waals surface area contributed by atoms with Crippen molar-refractivity contribution in [3.63, 3.8) is 0 Å². The van der Waals surface area contributed by atoms with Crippen molar-refractivity contribution in [1.29, 1.82) is 0 Å². The highest BCUT2D eigenvalue weighted by atomic mass is 16.4. The molecule has 1 unspecified atom stereocenters. The van der Waals surface area contributed by atoms with E-state index in [1.807, 2.05) is 4.90 Å². The van der Waals surface area contributed by atoms with E-state index < -0.39 is 11.9 Å². The topological polar surface area (TPSA) is 94.9 Å². The van der Waals surface area contributed by atoms with Crippen LogP contribution < -0.4 is 0 Å². The summed E-state index contributed by atoms with van der Waals surface area (Å²) in [6.07, 6.45) is 2.30. The van der Waals surface area contributed by atoms with Crippen LogP contribution in [-0.2, 0) is 14.4 Å². The molecule has 0 heterocycles. The lowest BCUT2D eigenvalue weighted by Crippen LogP contribution is -2.39. The van der Waals surface area contributed by atoms with Gasteiger partial charge in [0.2, 0.25) is 0 Å². The Labute approximate surface area is 113 Å². The summed E-state index contributed by atoms with van der Waals surface area (Å²) in [6.45, 7) is 4.22. The van der Waals surface area contributed by atoms with E-state index in [1.165, 1.54) is 6.92 Å². The highest BCUT2D eigenvalue weighted by Gasteiger charge is 2.18. The van der Waals surface area contributed by atoms with Crippen molar-refractivity contribution in [2.45, 2.75) is 52.0 Å². The van der Waals surface area contributed by atoms with Gasteiger partial charge in [0.15, 0.2) is 0 Å². The molecule has 0 aliphatic heterocycles. The van der Waals surface area contributed by atoms with E-state index in [2.05, 4.69) is 0 Å². The van der Waals surface area contributed by atoms with E-state index in [0.29, 0.717) is 19.5 Å². The molecule has 19 heavy (non-hydrogen) atoms. The van der Waals surface area contributed by atoms with Crippen LogP contribution in [0.2, 0.25) is 0 Å². The van der Waals surface area contributed by atoms with E-state index in [4.69, 9.17) is 10.2 Å². The number of nitrogens with zero attached hydrogens (tertiary/aromatic N) is 1. The van der Waals surface area contributed by atoms with E-state index >= 15 is 0 Å². The van der Waals surface area contributed by atoms with Crippen LogP contribution in [0.25, 0.3) is 0 Å². The molecule has 6 heteroatoms. The van der Waals surface area contributed by atoms with Crippen molar-refractivity contribution in [2.24, 2.45) is 0 Å². The molecule has 6 nitrogen and oxygen atoms in total. The Hall–Kier alpha value is -1.43. The number of hydrogen-bond acceptors (Lipinski definition) is 4. The SMILES string of the molecule is CC(=O)C(C)N(CCCCCC(=O)O)CCC(=O)O. The Kier molecular flexibility index (Phi) is 8.78. The third kappa shape index (κ3) is 9.18. The number of carbonyl (C=O) groups excluding carboxylic acids is 1. The predicted octanol–water partition coefficient (Wildman–Crippen LogP) is 1.39. The molecule has 0 aliphatic rings. The molecule has 0 fully saturated rings. The average Bonchev–Trinajstić information content (AvgIpc) is 2.30. The Bertz CT molecular complexity index is 316. The maximum atomic E-state index is 11.3. The zero-order valence-electron chi connectivity index (χ0n) is 11.6. The van der Waals surface area contributed by atoms with Gasteiger partial charge in [0.05, 0.1) is 12.5 Å². The van der Waals surface area contributed by atoms with Gasteiger partial charge >= 0.3 is 11.9 Å². The molecule has 110 valence electrons. The van der Waals surface area contributed by atoms with Gasteiger partial charge < -0.3 is 10.2 Å². The minimum absolute atomic E-state index is 0.00669. The Morgan fingerprint density at radius 2 is 1.53 bits per heavy atom. The number of unbranched alkanes of at least 4 members (excludes halogenated alkanes) is 2. The lowest BCUT2D eigenvalue weighted by Gasteiger charge is -2.26. The van der Waals surface area contributed by atoms with Crippen LogP contribution in [-0.4, -0.2) is 52.0 Å². The van der Waals surface area contributed by atoms with Gasteiger partial charge in [-0.05, 0) is 33.2 Å². The molecule has 0 aromatic carbocycles. The normalized spacial score (nSPS) is 12.4. The lowest BCUT2D eigenvalue weighted by molar-refractivity contribution is -0.138. The second-order valence-electron chi connectivity index (χ2n) is 4.67. The van der Waals surface area contributed by atoms with E-state index in [1.54, 1.807) is 6.92 Å². The maximum absolute atomic E-state index is 11.3. The summed E-state index contributed by atoms with van der Waals surface area (Å²) in [5.74, 6) is -1.68. The van der Waals surface area contributed by atoms with Crippen molar-refractivity contribution in [2.75, 3.05) is 13.1 Å². The van der Waals surface area contributed by atoms with Gasteiger partial charge in [-0.25, -0.2) is 0 Å². The second kappa shape index (κ2) is 9.49. The lowest BCUT2D eigenvalue weighted by atomic mass is 10.1. The fraction of sp³-hybridized carbons (Fsp3) is 0.769. The van der Waals surface area contributed by atoms with Crippen LogP contribution in [0.3, 0.4) is 0 Å². The molecule has 0 amide bonds. The summed E-state index contributed by atoms with van der Waals surface area (Å²) in [5.41, 5.74) is 0. The number of carboxylic acid groups (broad SMARTS) is 2. The van der Waals surface area contributed by atoms with Gasteiger partial charge in [0.25, 0.3) is 0 Å². The van der Waals surface area contributed by atoms with Gasteiger partial charge in [-0.15, -0.1) is 0 Å². The Morgan fingerprint density at radius 3 is 2.00 bits per heavy atom. The number of carboxylic acids is 2. The van der Waals surface area contributed by atoms with Gasteiger partial charge in [-0.2, -0.15) is 0 Å². The monoisotopic (exact) mass is 273 g/mol. The van der Waals surface area contributed by atoms with Crippen LogP contribution in [0.15, 0.2) is 0 Å². The van der Waals surface area contributed by atoms with Crippen molar-refractivity contribution in [3.8, 4) is 0 Å². The number of rotatable bonds is 11. The van der Waals surface area contributed by atoms with Crippen LogP contribution in [0.4, 0.5) is 0 Å². The Morgan fingerprint density at radius 1 is 0.947 bits per heavy atom. The average molecular weight is 273 g/mol. The van der Waals surface area contributed by atoms with E-state index in [-0.39, 0.29) is 24.7 Å². The van der Waals surface area contributed by atoms with Crippen molar-refractivity contribution < 1.29 is 24.6 Å². The number of aliphatic carboxylic acids is 2. The first-order chi connectivity index (χ1) is 8.84. The minimum atomic E-state index is -0.883. The number of hydrogen-bond donors (Lipinski definition) is 2. The van der Waals surface area contributed by atoms with Gasteiger partial charge in [-0.1, -0.05) is 6.42 Å². The summed E-state index contributed by atoms with van der Waals surface area (Å²) in [4.78, 5) is 34.1. The standard InChI is InChI=1S/C13H23NO5/c1-10(11(2)15)14(9-7-13(18)19)8-5-3-4-6-12(16)17/h10H,3-9H2,1-2H3,(H,16,17)(H,18,19). The molecule has 2 N–H and O–H groups in total. The fourth-order valence-electron chi connectivity index (χ4n) is 1.76. The largest absolute Gasteiger partial charge is 0.481 e. The van der Waals surface area contributed by atoms with E-state index in [0.717, 1.165) is 12.8 Å². The first-order valence-electron chi connectivity index (χ1n) is 6.52. The van der Waals surface area contributed by atoms with Crippen LogP contribution in [0, 0.1) is 0 Å². The Balaban J connectivity index is 4.07. The summed E-state index contributed by atoms with van der Waals surface area (Å²) < 4.78 is 0. The second-order valence-corrected chi connectivity index (χ2v) is 4.67. The molecule has 0 bridgehead atoms. The summed E-state index contributed by atoms with van der Waals surface area (Å²) in [6, 6.07) is -0.293. The van der Waals surface area contributed by atoms with Gasteiger partial charge in [0.1, 0.15) is 5.78 Å². The number of carbonyl (C=O) groups is 3. The maximum Gasteiger partial charge on any atom is 0.304 e. The number of ketones is 1. The summed E-state index contributed by atoms with van der Waals surface area (Å²) in [5, 5.41) is 17.2. The molecule has 0 saturated heterocycles. The highest BCUT2D eigenvalue weighted by Crippen LogP contribution is 2.07. The molecule has 0 spiro atoms. The first-order valence-corrected chi connectivity index (χ1v) is 6.52. The van der Waals surface area contributed by atoms with Crippen molar-refractivity contribution in [3.05, 3.63) is 0 Å².